The van der Waals surface area contributed by atoms with Crippen molar-refractivity contribution in [1.82, 2.24) is 4.98 Å². The molecular weight excluding hydrogens is 348 g/mol. The zero-order valence-electron chi connectivity index (χ0n) is 14.7. The second-order valence-corrected chi connectivity index (χ2v) is 6.42. The summed E-state index contributed by atoms with van der Waals surface area (Å²) in [5, 5.41) is 2.60. The Labute approximate surface area is 156 Å². The van der Waals surface area contributed by atoms with Crippen LogP contribution in [0.3, 0.4) is 0 Å². The van der Waals surface area contributed by atoms with Gasteiger partial charge in [0.25, 0.3) is 0 Å². The highest BCUT2D eigenvalue weighted by Crippen LogP contribution is 2.30. The van der Waals surface area contributed by atoms with E-state index in [1.807, 2.05) is 66.9 Å². The molecule has 0 aliphatic carbocycles. The Balaban J connectivity index is 1.72. The van der Waals surface area contributed by atoms with Gasteiger partial charge in [0.1, 0.15) is 0 Å². The van der Waals surface area contributed by atoms with E-state index in [2.05, 4.69) is 4.98 Å². The first kappa shape index (κ1) is 17.9. The Hall–Kier alpha value is -2.86. The Bertz CT molecular complexity index is 864. The molecule has 0 bridgehead atoms. The van der Waals surface area contributed by atoms with Crippen LogP contribution in [0.1, 0.15) is 12.1 Å². The molecule has 2 aromatic carbocycles. The number of ether oxygens (including phenoxy) is 2. The minimum Gasteiger partial charge on any atom is -0.493 e. The van der Waals surface area contributed by atoms with Crippen molar-refractivity contribution in [3.05, 3.63) is 65.7 Å². The molecule has 0 unspecified atom stereocenters. The lowest BCUT2D eigenvalue weighted by Crippen LogP contribution is -2.27. The van der Waals surface area contributed by atoms with Gasteiger partial charge in [-0.05, 0) is 31.2 Å². The van der Waals surface area contributed by atoms with Crippen LogP contribution < -0.4 is 14.4 Å². The Kier molecular flexibility index (Phi) is 5.86. The number of anilines is 2. The number of carbonyl (C=O) groups is 1. The number of nitrogens with zero attached hydrogens (tertiary/aromatic N) is 2. The van der Waals surface area contributed by atoms with Gasteiger partial charge in [-0.2, -0.15) is 0 Å². The molecule has 1 aromatic heterocycles. The van der Waals surface area contributed by atoms with E-state index in [0.29, 0.717) is 16.6 Å². The molecule has 134 valence electrons. The van der Waals surface area contributed by atoms with E-state index in [1.165, 1.54) is 11.3 Å². The molecule has 0 N–H and O–H groups in total. The fraction of sp³-hybridized carbons (Fsp3) is 0.200. The number of rotatable bonds is 7. The Morgan fingerprint density at radius 1 is 1.08 bits per heavy atom. The van der Waals surface area contributed by atoms with Crippen molar-refractivity contribution in [2.75, 3.05) is 18.6 Å². The van der Waals surface area contributed by atoms with E-state index >= 15 is 0 Å². The number of thiazole rings is 1. The number of aromatic nitrogens is 1. The van der Waals surface area contributed by atoms with Gasteiger partial charge in [0, 0.05) is 5.38 Å². The van der Waals surface area contributed by atoms with Crippen molar-refractivity contribution in [2.24, 2.45) is 0 Å². The zero-order chi connectivity index (χ0) is 18.4. The van der Waals surface area contributed by atoms with Gasteiger partial charge >= 0.3 is 0 Å². The van der Waals surface area contributed by atoms with Crippen molar-refractivity contribution in [3.63, 3.8) is 0 Å². The molecule has 0 saturated carbocycles. The SMILES string of the molecule is COc1ccccc1OCCC(=O)N(c1ccccc1)c1nc(C)cs1. The van der Waals surface area contributed by atoms with E-state index in [0.717, 1.165) is 11.4 Å². The van der Waals surface area contributed by atoms with E-state index in [4.69, 9.17) is 9.47 Å². The van der Waals surface area contributed by atoms with Crippen LogP contribution >= 0.6 is 11.3 Å². The summed E-state index contributed by atoms with van der Waals surface area (Å²) in [6, 6.07) is 16.9. The van der Waals surface area contributed by atoms with Gasteiger partial charge in [0.05, 0.1) is 31.5 Å². The topological polar surface area (TPSA) is 51.7 Å². The smallest absolute Gasteiger partial charge is 0.236 e. The predicted molar refractivity (Wildman–Crippen MR) is 104 cm³/mol. The second-order valence-electron chi connectivity index (χ2n) is 5.59. The average Bonchev–Trinajstić information content (AvgIpc) is 3.09. The van der Waals surface area contributed by atoms with Gasteiger partial charge in [0.2, 0.25) is 5.91 Å². The minimum atomic E-state index is -0.0690. The lowest BCUT2D eigenvalue weighted by molar-refractivity contribution is -0.118. The normalized spacial score (nSPS) is 10.4. The van der Waals surface area contributed by atoms with Crippen LogP contribution in [0.2, 0.25) is 0 Å². The molecule has 0 aliphatic heterocycles. The van der Waals surface area contributed by atoms with Crippen molar-refractivity contribution in [2.45, 2.75) is 13.3 Å². The summed E-state index contributed by atoms with van der Waals surface area (Å²) >= 11 is 1.45. The zero-order valence-corrected chi connectivity index (χ0v) is 15.5. The third-order valence-electron chi connectivity index (χ3n) is 3.70. The maximum absolute atomic E-state index is 12.9. The van der Waals surface area contributed by atoms with Crippen LogP contribution in [-0.4, -0.2) is 24.6 Å². The number of aryl methyl sites for hydroxylation is 1. The van der Waals surface area contributed by atoms with Gasteiger partial charge in [-0.15, -0.1) is 11.3 Å². The van der Waals surface area contributed by atoms with Crippen LogP contribution in [-0.2, 0) is 4.79 Å². The fourth-order valence-corrected chi connectivity index (χ4v) is 3.32. The largest absolute Gasteiger partial charge is 0.493 e. The van der Waals surface area contributed by atoms with E-state index in [9.17, 15) is 4.79 Å². The van der Waals surface area contributed by atoms with Crippen LogP contribution in [0, 0.1) is 6.92 Å². The number of para-hydroxylation sites is 3. The lowest BCUT2D eigenvalue weighted by atomic mass is 10.2. The van der Waals surface area contributed by atoms with Crippen molar-refractivity contribution in [3.8, 4) is 11.5 Å². The highest BCUT2D eigenvalue weighted by atomic mass is 32.1. The summed E-state index contributed by atoms with van der Waals surface area (Å²) in [7, 11) is 1.59. The number of benzene rings is 2. The predicted octanol–water partition coefficient (Wildman–Crippen LogP) is 4.59. The molecule has 0 atom stereocenters. The van der Waals surface area contributed by atoms with Crippen molar-refractivity contribution >= 4 is 28.1 Å². The number of methoxy groups -OCH3 is 1. The molecule has 0 spiro atoms. The van der Waals surface area contributed by atoms with Gasteiger partial charge in [-0.1, -0.05) is 30.3 Å². The third-order valence-corrected chi connectivity index (χ3v) is 4.65. The lowest BCUT2D eigenvalue weighted by Gasteiger charge is -2.20. The van der Waals surface area contributed by atoms with Crippen LogP contribution in [0.25, 0.3) is 0 Å². The summed E-state index contributed by atoms with van der Waals surface area (Å²) in [5.41, 5.74) is 1.69. The standard InChI is InChI=1S/C20H20N2O3S/c1-15-14-26-20(21-15)22(16-8-4-3-5-9-16)19(23)12-13-25-18-11-7-6-10-17(18)24-2/h3-11,14H,12-13H2,1-2H3. The highest BCUT2D eigenvalue weighted by Gasteiger charge is 2.20. The average molecular weight is 368 g/mol. The molecular formula is C20H20N2O3S. The molecule has 0 fully saturated rings. The van der Waals surface area contributed by atoms with Crippen LogP contribution in [0.5, 0.6) is 11.5 Å². The molecule has 0 saturated heterocycles. The number of carbonyl (C=O) groups excluding carboxylic acids is 1. The molecule has 0 aliphatic rings. The molecule has 6 heteroatoms. The molecule has 1 amide bonds. The van der Waals surface area contributed by atoms with Crippen molar-refractivity contribution < 1.29 is 14.3 Å². The third kappa shape index (κ3) is 4.21. The summed E-state index contributed by atoms with van der Waals surface area (Å²) < 4.78 is 11.0. The molecule has 1 heterocycles. The van der Waals surface area contributed by atoms with Crippen LogP contribution in [0.15, 0.2) is 60.0 Å². The van der Waals surface area contributed by atoms with Gasteiger partial charge in [-0.25, -0.2) is 4.98 Å². The van der Waals surface area contributed by atoms with E-state index < -0.39 is 0 Å². The molecule has 26 heavy (non-hydrogen) atoms. The number of hydrogen-bond donors (Lipinski definition) is 0. The summed E-state index contributed by atoms with van der Waals surface area (Å²) in [6.07, 6.45) is 0.228. The van der Waals surface area contributed by atoms with Gasteiger partial charge in [0.15, 0.2) is 16.6 Å². The molecule has 3 aromatic rings. The monoisotopic (exact) mass is 368 g/mol. The number of hydrogen-bond acceptors (Lipinski definition) is 5. The summed E-state index contributed by atoms with van der Waals surface area (Å²) in [5.74, 6) is 1.20. The maximum atomic E-state index is 12.9. The highest BCUT2D eigenvalue weighted by molar-refractivity contribution is 7.14. The first-order valence-electron chi connectivity index (χ1n) is 8.25. The van der Waals surface area contributed by atoms with Gasteiger partial charge < -0.3 is 9.47 Å². The summed E-state index contributed by atoms with van der Waals surface area (Å²) in [4.78, 5) is 19.0. The van der Waals surface area contributed by atoms with E-state index in [-0.39, 0.29) is 18.9 Å². The van der Waals surface area contributed by atoms with Crippen molar-refractivity contribution in [1.29, 1.82) is 0 Å². The fourth-order valence-electron chi connectivity index (χ4n) is 2.48. The maximum Gasteiger partial charge on any atom is 0.236 e. The molecule has 5 nitrogen and oxygen atoms in total. The van der Waals surface area contributed by atoms with E-state index in [1.54, 1.807) is 12.0 Å². The Morgan fingerprint density at radius 3 is 2.42 bits per heavy atom. The van der Waals surface area contributed by atoms with Crippen LogP contribution in [0.4, 0.5) is 10.8 Å². The second kappa shape index (κ2) is 8.49. The minimum absolute atomic E-state index is 0.0690. The molecule has 0 radical (unpaired) electrons. The molecule has 3 rings (SSSR count). The summed E-state index contributed by atoms with van der Waals surface area (Å²) in [6.45, 7) is 2.17. The quantitative estimate of drug-likeness (QED) is 0.612. The Morgan fingerprint density at radius 2 is 1.77 bits per heavy atom. The van der Waals surface area contributed by atoms with Gasteiger partial charge in [-0.3, -0.25) is 9.69 Å². The number of amides is 1. The first-order chi connectivity index (χ1) is 12.7. The first-order valence-corrected chi connectivity index (χ1v) is 9.13.